The first kappa shape index (κ1) is 17.2. The molecular weight excluding hydrogens is 286 g/mol. The molecule has 1 saturated carbocycles. The first-order valence-electron chi connectivity index (χ1n) is 8.66. The van der Waals surface area contributed by atoms with Crippen molar-refractivity contribution >= 4 is 9.84 Å². The molecule has 2 rings (SSSR count). The van der Waals surface area contributed by atoms with Gasteiger partial charge in [0.25, 0.3) is 0 Å². The van der Waals surface area contributed by atoms with E-state index in [4.69, 9.17) is 4.74 Å². The SMILES string of the molecule is CCCNC(CS(=O)(=O)C1CCOCC1)C1CCCCC1. The maximum Gasteiger partial charge on any atom is 0.154 e. The molecule has 21 heavy (non-hydrogen) atoms. The summed E-state index contributed by atoms with van der Waals surface area (Å²) in [7, 11) is -3.00. The zero-order chi connectivity index (χ0) is 15.1. The Morgan fingerprint density at radius 1 is 1.10 bits per heavy atom. The van der Waals surface area contributed by atoms with Crippen molar-refractivity contribution in [3.8, 4) is 0 Å². The fraction of sp³-hybridized carbons (Fsp3) is 1.00. The average Bonchev–Trinajstić information content (AvgIpc) is 2.53. The lowest BCUT2D eigenvalue weighted by atomic mass is 9.84. The lowest BCUT2D eigenvalue weighted by Gasteiger charge is -2.32. The van der Waals surface area contributed by atoms with Gasteiger partial charge in [-0.1, -0.05) is 26.2 Å². The largest absolute Gasteiger partial charge is 0.381 e. The van der Waals surface area contributed by atoms with Crippen LogP contribution in [0.4, 0.5) is 0 Å². The Balaban J connectivity index is 1.98. The smallest absolute Gasteiger partial charge is 0.154 e. The second kappa shape index (κ2) is 8.49. The van der Waals surface area contributed by atoms with Crippen LogP contribution in [-0.2, 0) is 14.6 Å². The number of hydrogen-bond donors (Lipinski definition) is 1. The molecule has 4 nitrogen and oxygen atoms in total. The quantitative estimate of drug-likeness (QED) is 0.784. The minimum absolute atomic E-state index is 0.151. The Bertz CT molecular complexity index is 384. The highest BCUT2D eigenvalue weighted by Gasteiger charge is 2.33. The maximum absolute atomic E-state index is 12.7. The molecule has 1 aliphatic heterocycles. The highest BCUT2D eigenvalue weighted by Crippen LogP contribution is 2.28. The topological polar surface area (TPSA) is 55.4 Å². The van der Waals surface area contributed by atoms with Crippen molar-refractivity contribution in [2.45, 2.75) is 69.6 Å². The second-order valence-electron chi connectivity index (χ2n) is 6.60. The predicted molar refractivity (Wildman–Crippen MR) is 86.3 cm³/mol. The summed E-state index contributed by atoms with van der Waals surface area (Å²) >= 11 is 0. The van der Waals surface area contributed by atoms with E-state index < -0.39 is 9.84 Å². The van der Waals surface area contributed by atoms with Gasteiger partial charge in [-0.05, 0) is 44.6 Å². The summed E-state index contributed by atoms with van der Waals surface area (Å²) in [6.07, 6.45) is 8.60. The van der Waals surface area contributed by atoms with E-state index >= 15 is 0 Å². The van der Waals surface area contributed by atoms with Crippen LogP contribution in [0.15, 0.2) is 0 Å². The molecule has 1 saturated heterocycles. The zero-order valence-electron chi connectivity index (χ0n) is 13.4. The molecule has 1 aliphatic carbocycles. The summed E-state index contributed by atoms with van der Waals surface area (Å²) in [6, 6.07) is 0.151. The van der Waals surface area contributed by atoms with Gasteiger partial charge in [0.1, 0.15) is 0 Å². The van der Waals surface area contributed by atoms with Gasteiger partial charge in [-0.15, -0.1) is 0 Å². The van der Waals surface area contributed by atoms with Gasteiger partial charge < -0.3 is 10.1 Å². The number of sulfone groups is 1. The van der Waals surface area contributed by atoms with Crippen LogP contribution >= 0.6 is 0 Å². The van der Waals surface area contributed by atoms with Crippen LogP contribution in [0.1, 0.15) is 58.3 Å². The molecule has 0 amide bonds. The number of rotatable bonds is 7. The lowest BCUT2D eigenvalue weighted by molar-refractivity contribution is 0.0982. The van der Waals surface area contributed by atoms with Crippen LogP contribution in [0.2, 0.25) is 0 Å². The van der Waals surface area contributed by atoms with Gasteiger partial charge in [0.15, 0.2) is 9.84 Å². The van der Waals surface area contributed by atoms with Crippen molar-refractivity contribution in [3.63, 3.8) is 0 Å². The Kier molecular flexibility index (Phi) is 6.96. The first-order valence-corrected chi connectivity index (χ1v) is 10.4. The number of nitrogens with one attached hydrogen (secondary N) is 1. The fourth-order valence-electron chi connectivity index (χ4n) is 3.65. The molecule has 0 bridgehead atoms. The number of hydrogen-bond acceptors (Lipinski definition) is 4. The van der Waals surface area contributed by atoms with Gasteiger partial charge in [-0.25, -0.2) is 8.42 Å². The van der Waals surface area contributed by atoms with Gasteiger partial charge in [0, 0.05) is 19.3 Å². The van der Waals surface area contributed by atoms with Crippen LogP contribution in [0.25, 0.3) is 0 Å². The first-order chi connectivity index (χ1) is 10.1. The normalized spacial score (nSPS) is 24.0. The van der Waals surface area contributed by atoms with E-state index in [9.17, 15) is 8.42 Å². The zero-order valence-corrected chi connectivity index (χ0v) is 14.2. The molecule has 0 aromatic heterocycles. The van der Waals surface area contributed by atoms with Crippen molar-refractivity contribution in [2.75, 3.05) is 25.5 Å². The van der Waals surface area contributed by atoms with Gasteiger partial charge in [0.05, 0.1) is 11.0 Å². The van der Waals surface area contributed by atoms with Crippen molar-refractivity contribution in [1.82, 2.24) is 5.32 Å². The van der Waals surface area contributed by atoms with Crippen molar-refractivity contribution < 1.29 is 13.2 Å². The molecule has 1 atom stereocenters. The molecule has 1 N–H and O–H groups in total. The van der Waals surface area contributed by atoms with Gasteiger partial charge in [0.2, 0.25) is 0 Å². The van der Waals surface area contributed by atoms with Crippen LogP contribution in [0, 0.1) is 5.92 Å². The molecule has 2 fully saturated rings. The molecule has 0 aromatic carbocycles. The Morgan fingerprint density at radius 3 is 2.38 bits per heavy atom. The van der Waals surface area contributed by atoms with E-state index in [0.29, 0.717) is 37.7 Å². The third-order valence-electron chi connectivity index (χ3n) is 4.96. The third kappa shape index (κ3) is 5.22. The summed E-state index contributed by atoms with van der Waals surface area (Å²) in [4.78, 5) is 0. The molecule has 1 unspecified atom stereocenters. The third-order valence-corrected chi connectivity index (χ3v) is 7.27. The molecule has 0 radical (unpaired) electrons. The highest BCUT2D eigenvalue weighted by atomic mass is 32.2. The van der Waals surface area contributed by atoms with Crippen molar-refractivity contribution in [2.24, 2.45) is 5.92 Å². The summed E-state index contributed by atoms with van der Waals surface area (Å²) in [5.74, 6) is 0.863. The van der Waals surface area contributed by atoms with E-state index in [1.807, 2.05) is 0 Å². The molecule has 5 heteroatoms. The van der Waals surface area contributed by atoms with Crippen LogP contribution < -0.4 is 5.32 Å². The molecule has 124 valence electrons. The summed E-state index contributed by atoms with van der Waals surface area (Å²) < 4.78 is 30.7. The monoisotopic (exact) mass is 317 g/mol. The standard InChI is InChI=1S/C16H31NO3S/c1-2-10-17-16(14-6-4-3-5-7-14)13-21(18,19)15-8-11-20-12-9-15/h14-17H,2-13H2,1H3. The fourth-order valence-corrected chi connectivity index (χ4v) is 5.72. The lowest BCUT2D eigenvalue weighted by Crippen LogP contribution is -2.45. The summed E-state index contributed by atoms with van der Waals surface area (Å²) in [5, 5.41) is 3.34. The van der Waals surface area contributed by atoms with Crippen LogP contribution in [0.5, 0.6) is 0 Å². The Hall–Kier alpha value is -0.130. The minimum Gasteiger partial charge on any atom is -0.381 e. The van der Waals surface area contributed by atoms with E-state index in [1.165, 1.54) is 32.1 Å². The van der Waals surface area contributed by atoms with E-state index in [-0.39, 0.29) is 11.3 Å². The van der Waals surface area contributed by atoms with E-state index in [0.717, 1.165) is 13.0 Å². The van der Waals surface area contributed by atoms with Crippen LogP contribution in [0.3, 0.4) is 0 Å². The highest BCUT2D eigenvalue weighted by molar-refractivity contribution is 7.92. The molecule has 0 aromatic rings. The van der Waals surface area contributed by atoms with Gasteiger partial charge >= 0.3 is 0 Å². The minimum atomic E-state index is -3.00. The van der Waals surface area contributed by atoms with E-state index in [2.05, 4.69) is 12.2 Å². The molecule has 2 aliphatic rings. The van der Waals surface area contributed by atoms with E-state index in [1.54, 1.807) is 0 Å². The van der Waals surface area contributed by atoms with Crippen molar-refractivity contribution in [1.29, 1.82) is 0 Å². The molecular formula is C16H31NO3S. The van der Waals surface area contributed by atoms with Crippen molar-refractivity contribution in [3.05, 3.63) is 0 Å². The molecule has 0 spiro atoms. The number of ether oxygens (including phenoxy) is 1. The van der Waals surface area contributed by atoms with Gasteiger partial charge in [-0.2, -0.15) is 0 Å². The molecule has 1 heterocycles. The van der Waals surface area contributed by atoms with Crippen LogP contribution in [-0.4, -0.2) is 45.2 Å². The van der Waals surface area contributed by atoms with Gasteiger partial charge in [-0.3, -0.25) is 0 Å². The predicted octanol–water partition coefficient (Wildman–Crippen LogP) is 2.53. The second-order valence-corrected chi connectivity index (χ2v) is 8.93. The summed E-state index contributed by atoms with van der Waals surface area (Å²) in [6.45, 7) is 4.25. The Morgan fingerprint density at radius 2 is 1.76 bits per heavy atom. The Labute approximate surface area is 129 Å². The summed E-state index contributed by atoms with van der Waals surface area (Å²) in [5.41, 5.74) is 0. The average molecular weight is 317 g/mol. The maximum atomic E-state index is 12.7.